The molecule has 1 aliphatic rings. The fraction of sp³-hybridized carbons (Fsp3) is 0.417. The zero-order valence-electron chi connectivity index (χ0n) is 16.2. The van der Waals surface area contributed by atoms with E-state index in [1.165, 1.54) is 0 Å². The molecule has 0 bridgehead atoms. The molecule has 2 aromatic rings. The van der Waals surface area contributed by atoms with Crippen LogP contribution in [0.25, 0.3) is 10.9 Å². The molecule has 9 N–H and O–H groups in total. The maximum absolute atomic E-state index is 11.8. The highest BCUT2D eigenvalue weighted by atomic mass is 31.3. The third-order valence-electron chi connectivity index (χ3n) is 4.22. The van der Waals surface area contributed by atoms with Crippen LogP contribution in [0.15, 0.2) is 17.2 Å². The molecule has 0 amide bonds. The Labute approximate surface area is 186 Å². The fourth-order valence-electron chi connectivity index (χ4n) is 2.95. The molecule has 1 fully saturated rings. The molecule has 22 heteroatoms. The zero-order valence-corrected chi connectivity index (χ0v) is 18.9. The third kappa shape index (κ3) is 5.76. The highest BCUT2D eigenvalue weighted by molar-refractivity contribution is 7.66. The first-order valence-electron chi connectivity index (χ1n) is 8.56. The van der Waals surface area contributed by atoms with Gasteiger partial charge in [0.15, 0.2) is 0 Å². The minimum Gasteiger partial charge on any atom is -0.493 e. The van der Waals surface area contributed by atoms with Gasteiger partial charge in [0.05, 0.1) is 6.61 Å². The molecule has 190 valence electrons. The van der Waals surface area contributed by atoms with Crippen LogP contribution in [-0.4, -0.2) is 79.9 Å². The number of nitrogens with zero attached hydrogens (tertiary/aromatic N) is 2. The summed E-state index contributed by atoms with van der Waals surface area (Å²) >= 11 is 0. The average molecular weight is 551 g/mol. The minimum atomic E-state index is -5.81. The van der Waals surface area contributed by atoms with E-state index < -0.39 is 71.3 Å². The quantitative estimate of drug-likeness (QED) is 0.155. The Morgan fingerprint density at radius 2 is 1.74 bits per heavy atom. The summed E-state index contributed by atoms with van der Waals surface area (Å²) in [6, 6.07) is 0.838. The van der Waals surface area contributed by atoms with Gasteiger partial charge in [-0.25, -0.2) is 23.7 Å². The summed E-state index contributed by atoms with van der Waals surface area (Å²) in [7, 11) is -17.0. The van der Waals surface area contributed by atoms with E-state index in [-0.39, 0.29) is 10.9 Å². The molecule has 0 spiro atoms. The average Bonchev–Trinajstić information content (AvgIpc) is 2.88. The lowest BCUT2D eigenvalue weighted by molar-refractivity contribution is -0.240. The lowest BCUT2D eigenvalue weighted by atomic mass is 9.99. The van der Waals surface area contributed by atoms with Crippen LogP contribution < -0.4 is 5.56 Å². The first-order chi connectivity index (χ1) is 15.4. The number of pyridine rings is 1. The van der Waals surface area contributed by atoms with Crippen molar-refractivity contribution in [3.05, 3.63) is 28.4 Å². The molecule has 0 saturated carbocycles. The predicted octanol–water partition coefficient (Wildman–Crippen LogP) is -2.37. The number of phosphoric ester groups is 1. The summed E-state index contributed by atoms with van der Waals surface area (Å²) in [6.07, 6.45) is -5.31. The number of aromatic amines is 1. The van der Waals surface area contributed by atoms with Gasteiger partial charge in [0.1, 0.15) is 35.8 Å². The van der Waals surface area contributed by atoms with Crippen molar-refractivity contribution in [3.63, 3.8) is 0 Å². The molecule has 3 rings (SSSR count). The predicted molar refractivity (Wildman–Crippen MR) is 102 cm³/mol. The summed E-state index contributed by atoms with van der Waals surface area (Å²) < 4.78 is 50.3. The van der Waals surface area contributed by atoms with E-state index in [0.29, 0.717) is 0 Å². The molecule has 1 aliphatic heterocycles. The van der Waals surface area contributed by atoms with Crippen molar-refractivity contribution < 1.29 is 71.6 Å². The number of aromatic hydroxyl groups is 1. The van der Waals surface area contributed by atoms with E-state index in [1.54, 1.807) is 0 Å². The maximum atomic E-state index is 11.8. The Bertz CT molecular complexity index is 1290. The third-order valence-corrected chi connectivity index (χ3v) is 8.02. The molecule has 6 atom stereocenters. The van der Waals surface area contributed by atoms with Gasteiger partial charge in [0, 0.05) is 11.5 Å². The number of aliphatic hydroxyl groups is 3. The van der Waals surface area contributed by atoms with Crippen LogP contribution in [0.4, 0.5) is 0 Å². The normalized spacial score (nSPS) is 29.1. The van der Waals surface area contributed by atoms with Crippen LogP contribution >= 0.6 is 23.5 Å². The summed E-state index contributed by atoms with van der Waals surface area (Å²) in [5.74, 6) is -3.60. The second-order valence-corrected chi connectivity index (χ2v) is 11.1. The molecular formula is C12H16N3O16P3. The Hall–Kier alpha value is -1.66. The van der Waals surface area contributed by atoms with Crippen LogP contribution in [0, 0.1) is 0 Å². The molecular weight excluding hydrogens is 535 g/mol. The number of aliphatic hydroxyl groups excluding tert-OH is 2. The molecule has 2 unspecified atom stereocenters. The molecule has 1 saturated heterocycles. The van der Waals surface area contributed by atoms with Gasteiger partial charge in [-0.2, -0.15) is 8.62 Å². The SMILES string of the molecule is O=c1cc2c([C@]3(O)O[C@H](COP(=O)(O)OP(=O)(O)OP(=O)(O)O)[C@@H](O)[C@H]3O)ncnc2c(O)[nH]1. The van der Waals surface area contributed by atoms with Crippen LogP contribution in [0.2, 0.25) is 0 Å². The zero-order chi connectivity index (χ0) is 25.7. The highest BCUT2D eigenvalue weighted by Gasteiger charge is 2.57. The molecule has 0 aromatic carbocycles. The van der Waals surface area contributed by atoms with Gasteiger partial charge in [-0.15, -0.1) is 0 Å². The van der Waals surface area contributed by atoms with Crippen molar-refractivity contribution in [2.45, 2.75) is 24.1 Å². The molecule has 3 heterocycles. The Morgan fingerprint density at radius 3 is 2.35 bits per heavy atom. The number of nitrogens with one attached hydrogen (secondary N) is 1. The Kier molecular flexibility index (Phi) is 7.20. The Morgan fingerprint density at radius 1 is 1.09 bits per heavy atom. The molecule has 19 nitrogen and oxygen atoms in total. The second kappa shape index (κ2) is 9.09. The standard InChI is InChI=1S/C12H16N3O16P3/c16-6-1-4-7(11(19)15-6)13-3-14-9(4)12(20)10(18)8(17)5(29-12)2-28-33(24,25)31-34(26,27)30-32(21,22)23/h1,3,5,8,10,17-18,20H,2H2,(H,24,25)(H,26,27)(H2,15,16,19)(H2,21,22,23)/t5-,8-,10-,12+/m1/s1. The lowest BCUT2D eigenvalue weighted by Gasteiger charge is -2.26. The number of hydrogen-bond donors (Lipinski definition) is 9. The molecule has 0 radical (unpaired) electrons. The number of phosphoric acid groups is 3. The molecule has 0 aliphatic carbocycles. The number of ether oxygens (including phenoxy) is 1. The lowest BCUT2D eigenvalue weighted by Crippen LogP contribution is -2.41. The van der Waals surface area contributed by atoms with Crippen molar-refractivity contribution in [1.29, 1.82) is 0 Å². The van der Waals surface area contributed by atoms with Crippen molar-refractivity contribution in [1.82, 2.24) is 15.0 Å². The van der Waals surface area contributed by atoms with E-state index >= 15 is 0 Å². The second-order valence-electron chi connectivity index (χ2n) is 6.64. The maximum Gasteiger partial charge on any atom is 0.490 e. The molecule has 2 aromatic heterocycles. The largest absolute Gasteiger partial charge is 0.493 e. The van der Waals surface area contributed by atoms with Crippen molar-refractivity contribution >= 4 is 34.4 Å². The summed E-state index contributed by atoms with van der Waals surface area (Å²) in [4.78, 5) is 56.8. The van der Waals surface area contributed by atoms with E-state index in [1.807, 2.05) is 4.98 Å². The van der Waals surface area contributed by atoms with E-state index in [2.05, 4.69) is 23.1 Å². The summed E-state index contributed by atoms with van der Waals surface area (Å²) in [6.45, 7) is -1.21. The first-order valence-corrected chi connectivity index (χ1v) is 13.1. The van der Waals surface area contributed by atoms with Crippen LogP contribution in [-0.2, 0) is 37.4 Å². The summed E-state index contributed by atoms with van der Waals surface area (Å²) in [5.41, 5.74) is -1.73. The number of aromatic nitrogens is 3. The number of H-pyrrole nitrogens is 1. The van der Waals surface area contributed by atoms with E-state index in [9.17, 15) is 43.8 Å². The van der Waals surface area contributed by atoms with Crippen molar-refractivity contribution in [2.24, 2.45) is 0 Å². The van der Waals surface area contributed by atoms with Gasteiger partial charge in [-0.3, -0.25) is 14.3 Å². The Balaban J connectivity index is 1.83. The van der Waals surface area contributed by atoms with Crippen molar-refractivity contribution in [2.75, 3.05) is 6.61 Å². The number of rotatable bonds is 8. The van der Waals surface area contributed by atoms with Crippen LogP contribution in [0.5, 0.6) is 5.88 Å². The van der Waals surface area contributed by atoms with Gasteiger partial charge >= 0.3 is 23.5 Å². The number of hydrogen-bond acceptors (Lipinski definition) is 14. The van der Waals surface area contributed by atoms with Crippen LogP contribution in [0.1, 0.15) is 5.69 Å². The van der Waals surface area contributed by atoms with E-state index in [4.69, 9.17) is 19.4 Å². The number of fused-ring (bicyclic) bond motifs is 1. The van der Waals surface area contributed by atoms with Gasteiger partial charge < -0.3 is 44.7 Å². The van der Waals surface area contributed by atoms with Crippen molar-refractivity contribution in [3.8, 4) is 5.88 Å². The topological polar surface area (TPSA) is 309 Å². The van der Waals surface area contributed by atoms with Gasteiger partial charge in [0.25, 0.3) is 5.56 Å². The monoisotopic (exact) mass is 551 g/mol. The van der Waals surface area contributed by atoms with Gasteiger partial charge in [-0.1, -0.05) is 0 Å². The summed E-state index contributed by atoms with van der Waals surface area (Å²) in [5, 5.41) is 40.9. The van der Waals surface area contributed by atoms with E-state index in [0.717, 1.165) is 12.4 Å². The fourth-order valence-corrected chi connectivity index (χ4v) is 5.98. The molecule has 34 heavy (non-hydrogen) atoms. The van der Waals surface area contributed by atoms with Gasteiger partial charge in [0.2, 0.25) is 11.7 Å². The smallest absolute Gasteiger partial charge is 0.490 e. The van der Waals surface area contributed by atoms with Crippen LogP contribution in [0.3, 0.4) is 0 Å². The minimum absolute atomic E-state index is 0.278. The highest BCUT2D eigenvalue weighted by Crippen LogP contribution is 2.66. The first kappa shape index (κ1) is 26.9. The van der Waals surface area contributed by atoms with Gasteiger partial charge in [-0.05, 0) is 0 Å².